The zero-order valence-electron chi connectivity index (χ0n) is 9.78. The summed E-state index contributed by atoms with van der Waals surface area (Å²) in [5, 5.41) is 0. The highest BCUT2D eigenvalue weighted by atomic mass is 16.5. The second-order valence-electron chi connectivity index (χ2n) is 3.72. The van der Waals surface area contributed by atoms with Crippen LogP contribution >= 0.6 is 0 Å². The Morgan fingerprint density at radius 2 is 1.53 bits per heavy atom. The number of nitrogens with two attached hydrogens (primary N) is 1. The molecule has 0 fully saturated rings. The van der Waals surface area contributed by atoms with Crippen LogP contribution in [0.2, 0.25) is 0 Å². The van der Waals surface area contributed by atoms with Gasteiger partial charge in [-0.3, -0.25) is 0 Å². The highest BCUT2D eigenvalue weighted by Gasteiger charge is 2.19. The second kappa shape index (κ2) is 5.03. The highest BCUT2D eigenvalue weighted by molar-refractivity contribution is 5.47. The third-order valence-corrected chi connectivity index (χ3v) is 2.71. The minimum absolute atomic E-state index is 0.0650. The van der Waals surface area contributed by atoms with Gasteiger partial charge in [-0.15, -0.1) is 0 Å². The van der Waals surface area contributed by atoms with Gasteiger partial charge < -0.3 is 15.2 Å². The molecule has 0 bridgehead atoms. The summed E-state index contributed by atoms with van der Waals surface area (Å²) in [5.74, 6) is 1.87. The van der Waals surface area contributed by atoms with Crippen LogP contribution in [0.15, 0.2) is 18.2 Å². The largest absolute Gasteiger partial charge is 0.496 e. The Balaban J connectivity index is 3.21. The van der Waals surface area contributed by atoms with E-state index in [-0.39, 0.29) is 12.0 Å². The normalized spacial score (nSPS) is 14.5. The van der Waals surface area contributed by atoms with Crippen molar-refractivity contribution in [3.63, 3.8) is 0 Å². The fourth-order valence-electron chi connectivity index (χ4n) is 1.59. The molecule has 0 aliphatic rings. The van der Waals surface area contributed by atoms with Gasteiger partial charge in [-0.2, -0.15) is 0 Å². The van der Waals surface area contributed by atoms with Crippen molar-refractivity contribution in [2.75, 3.05) is 14.2 Å². The van der Waals surface area contributed by atoms with Crippen LogP contribution in [-0.4, -0.2) is 20.3 Å². The average Bonchev–Trinajstić information content (AvgIpc) is 2.26. The van der Waals surface area contributed by atoms with Gasteiger partial charge >= 0.3 is 0 Å². The van der Waals surface area contributed by atoms with Crippen molar-refractivity contribution < 1.29 is 9.47 Å². The first-order valence-electron chi connectivity index (χ1n) is 5.08. The fraction of sp³-hybridized carbons (Fsp3) is 0.500. The highest BCUT2D eigenvalue weighted by Crippen LogP contribution is 2.35. The van der Waals surface area contributed by atoms with Crippen molar-refractivity contribution in [2.24, 2.45) is 5.73 Å². The molecule has 84 valence electrons. The summed E-state index contributed by atoms with van der Waals surface area (Å²) in [6, 6.07) is 5.83. The standard InChI is InChI=1S/C12H19NO2/c1-8(9(2)13)12-10(14-3)6-5-7-11(12)15-4/h5-9H,13H2,1-4H3. The average molecular weight is 209 g/mol. The molecule has 2 atom stereocenters. The molecular formula is C12H19NO2. The van der Waals surface area contributed by atoms with Gasteiger partial charge in [-0.1, -0.05) is 13.0 Å². The molecule has 0 saturated heterocycles. The monoisotopic (exact) mass is 209 g/mol. The molecule has 3 heteroatoms. The van der Waals surface area contributed by atoms with E-state index in [1.54, 1.807) is 14.2 Å². The minimum atomic E-state index is 0.0650. The van der Waals surface area contributed by atoms with Gasteiger partial charge in [0.05, 0.1) is 14.2 Å². The van der Waals surface area contributed by atoms with Crippen LogP contribution in [0.3, 0.4) is 0 Å². The smallest absolute Gasteiger partial charge is 0.126 e. The van der Waals surface area contributed by atoms with Crippen molar-refractivity contribution in [2.45, 2.75) is 25.8 Å². The first-order chi connectivity index (χ1) is 7.11. The van der Waals surface area contributed by atoms with E-state index in [9.17, 15) is 0 Å². The molecule has 1 aromatic rings. The molecule has 0 amide bonds. The van der Waals surface area contributed by atoms with Crippen LogP contribution in [0.25, 0.3) is 0 Å². The van der Waals surface area contributed by atoms with Gasteiger partial charge in [0, 0.05) is 17.5 Å². The third kappa shape index (κ3) is 2.42. The van der Waals surface area contributed by atoms with Crippen LogP contribution in [0.1, 0.15) is 25.3 Å². The Labute approximate surface area is 91.2 Å². The Bertz CT molecular complexity index is 301. The SMILES string of the molecule is COc1cccc(OC)c1C(C)C(C)N. The van der Waals surface area contributed by atoms with E-state index in [2.05, 4.69) is 6.92 Å². The van der Waals surface area contributed by atoms with Gasteiger partial charge in [-0.05, 0) is 19.1 Å². The number of hydrogen-bond donors (Lipinski definition) is 1. The maximum absolute atomic E-state index is 5.90. The number of hydrogen-bond acceptors (Lipinski definition) is 3. The van der Waals surface area contributed by atoms with E-state index >= 15 is 0 Å². The van der Waals surface area contributed by atoms with E-state index in [1.807, 2.05) is 25.1 Å². The van der Waals surface area contributed by atoms with E-state index < -0.39 is 0 Å². The molecule has 0 aliphatic carbocycles. The lowest BCUT2D eigenvalue weighted by molar-refractivity contribution is 0.376. The predicted octanol–water partition coefficient (Wildman–Crippen LogP) is 2.15. The third-order valence-electron chi connectivity index (χ3n) is 2.71. The maximum atomic E-state index is 5.90. The van der Waals surface area contributed by atoms with Crippen molar-refractivity contribution in [3.05, 3.63) is 23.8 Å². The van der Waals surface area contributed by atoms with Crippen LogP contribution in [0.5, 0.6) is 11.5 Å². The van der Waals surface area contributed by atoms with Crippen molar-refractivity contribution >= 4 is 0 Å². The zero-order chi connectivity index (χ0) is 11.4. The predicted molar refractivity (Wildman–Crippen MR) is 61.6 cm³/mol. The van der Waals surface area contributed by atoms with Gasteiger partial charge in [0.2, 0.25) is 0 Å². The van der Waals surface area contributed by atoms with Crippen LogP contribution in [0, 0.1) is 0 Å². The summed E-state index contributed by atoms with van der Waals surface area (Å²) < 4.78 is 10.6. The first kappa shape index (κ1) is 11.9. The number of rotatable bonds is 4. The number of ether oxygens (including phenoxy) is 2. The van der Waals surface area contributed by atoms with Gasteiger partial charge in [0.25, 0.3) is 0 Å². The molecule has 2 N–H and O–H groups in total. The molecule has 0 spiro atoms. The summed E-state index contributed by atoms with van der Waals surface area (Å²) in [6.07, 6.45) is 0. The minimum Gasteiger partial charge on any atom is -0.496 e. The van der Waals surface area contributed by atoms with Crippen molar-refractivity contribution in [1.82, 2.24) is 0 Å². The molecule has 0 aromatic heterocycles. The molecule has 15 heavy (non-hydrogen) atoms. The molecule has 0 saturated carbocycles. The lowest BCUT2D eigenvalue weighted by Crippen LogP contribution is -2.23. The van der Waals surface area contributed by atoms with Gasteiger partial charge in [-0.25, -0.2) is 0 Å². The van der Waals surface area contributed by atoms with E-state index in [1.165, 1.54) is 0 Å². The quantitative estimate of drug-likeness (QED) is 0.826. The molecule has 0 aliphatic heterocycles. The second-order valence-corrected chi connectivity index (χ2v) is 3.72. The Morgan fingerprint density at radius 3 is 1.87 bits per heavy atom. The van der Waals surface area contributed by atoms with Crippen LogP contribution < -0.4 is 15.2 Å². The lowest BCUT2D eigenvalue weighted by Gasteiger charge is -2.21. The number of methoxy groups -OCH3 is 2. The zero-order valence-corrected chi connectivity index (χ0v) is 9.78. The molecule has 0 radical (unpaired) electrons. The molecular weight excluding hydrogens is 190 g/mol. The topological polar surface area (TPSA) is 44.5 Å². The van der Waals surface area contributed by atoms with Crippen LogP contribution in [0.4, 0.5) is 0 Å². The summed E-state index contributed by atoms with van der Waals surface area (Å²) in [7, 11) is 3.32. The molecule has 1 aromatic carbocycles. The Morgan fingerprint density at radius 1 is 1.07 bits per heavy atom. The van der Waals surface area contributed by atoms with E-state index in [0.717, 1.165) is 17.1 Å². The summed E-state index contributed by atoms with van der Waals surface area (Å²) in [6.45, 7) is 4.06. The van der Waals surface area contributed by atoms with Gasteiger partial charge in [0.15, 0.2) is 0 Å². The summed E-state index contributed by atoms with van der Waals surface area (Å²) >= 11 is 0. The van der Waals surface area contributed by atoms with Gasteiger partial charge in [0.1, 0.15) is 11.5 Å². The van der Waals surface area contributed by atoms with Crippen molar-refractivity contribution in [3.8, 4) is 11.5 Å². The lowest BCUT2D eigenvalue weighted by atomic mass is 9.93. The molecule has 2 unspecified atom stereocenters. The molecule has 1 rings (SSSR count). The van der Waals surface area contributed by atoms with Crippen LogP contribution in [-0.2, 0) is 0 Å². The maximum Gasteiger partial charge on any atom is 0.126 e. The Hall–Kier alpha value is -1.22. The molecule has 3 nitrogen and oxygen atoms in total. The van der Waals surface area contributed by atoms with Crippen molar-refractivity contribution in [1.29, 1.82) is 0 Å². The molecule has 0 heterocycles. The summed E-state index contributed by atoms with van der Waals surface area (Å²) in [5.41, 5.74) is 6.94. The number of benzene rings is 1. The Kier molecular flexibility index (Phi) is 3.97. The fourth-order valence-corrected chi connectivity index (χ4v) is 1.59. The van der Waals surface area contributed by atoms with E-state index in [4.69, 9.17) is 15.2 Å². The van der Waals surface area contributed by atoms with E-state index in [0.29, 0.717) is 0 Å². The first-order valence-corrected chi connectivity index (χ1v) is 5.08. The summed E-state index contributed by atoms with van der Waals surface area (Å²) in [4.78, 5) is 0.